The fourth-order valence-electron chi connectivity index (χ4n) is 2.77. The number of hydrogen-bond donors (Lipinski definition) is 1. The van der Waals surface area contributed by atoms with Crippen LogP contribution in [0.1, 0.15) is 11.1 Å². The number of nitrogens with zero attached hydrogens (tertiary/aromatic N) is 1. The number of ether oxygens (including phenoxy) is 1. The fraction of sp³-hybridized carbons (Fsp3) is 0.118. The van der Waals surface area contributed by atoms with Gasteiger partial charge in [0.05, 0.1) is 10.4 Å². The molecule has 122 valence electrons. The van der Waals surface area contributed by atoms with Crippen molar-refractivity contribution in [2.45, 2.75) is 18.0 Å². The van der Waals surface area contributed by atoms with Crippen molar-refractivity contribution in [3.05, 3.63) is 65.6 Å². The van der Waals surface area contributed by atoms with Gasteiger partial charge in [-0.2, -0.15) is 0 Å². The number of nitrogens with one attached hydrogen (secondary N) is 1. The Morgan fingerprint density at radius 3 is 2.96 bits per heavy atom. The van der Waals surface area contributed by atoms with E-state index in [1.54, 1.807) is 36.5 Å². The lowest BCUT2D eigenvalue weighted by Crippen LogP contribution is -2.13. The van der Waals surface area contributed by atoms with Crippen molar-refractivity contribution in [3.63, 3.8) is 0 Å². The number of rotatable bonds is 3. The first kappa shape index (κ1) is 15.0. The first-order valence-corrected chi connectivity index (χ1v) is 8.80. The van der Waals surface area contributed by atoms with E-state index in [0.29, 0.717) is 22.2 Å². The minimum absolute atomic E-state index is 0.215. The molecule has 0 atom stereocenters. The summed E-state index contributed by atoms with van der Waals surface area (Å²) in [6.07, 6.45) is 1.61. The summed E-state index contributed by atoms with van der Waals surface area (Å²) in [5, 5.41) is 0.447. The Morgan fingerprint density at radius 2 is 2.08 bits per heavy atom. The summed E-state index contributed by atoms with van der Waals surface area (Å²) < 4.78 is 45.5. The molecule has 0 spiro atoms. The first-order valence-electron chi connectivity index (χ1n) is 7.32. The van der Waals surface area contributed by atoms with Crippen LogP contribution >= 0.6 is 0 Å². The molecule has 4 rings (SSSR count). The molecule has 2 heterocycles. The van der Waals surface area contributed by atoms with E-state index in [0.717, 1.165) is 5.56 Å². The topological polar surface area (TPSA) is 68.3 Å². The maximum absolute atomic E-state index is 13.8. The van der Waals surface area contributed by atoms with Crippen LogP contribution < -0.4 is 9.46 Å². The molecular weight excluding hydrogens is 331 g/mol. The quantitative estimate of drug-likeness (QED) is 0.793. The molecule has 1 N–H and O–H groups in total. The molecule has 3 aromatic rings. The largest absolute Gasteiger partial charge is 0.489 e. The monoisotopic (exact) mass is 344 g/mol. The van der Waals surface area contributed by atoms with E-state index >= 15 is 0 Å². The second-order valence-electron chi connectivity index (χ2n) is 5.49. The average Bonchev–Trinajstić information content (AvgIpc) is 2.89. The molecule has 7 heteroatoms. The molecule has 0 amide bonds. The van der Waals surface area contributed by atoms with Crippen molar-refractivity contribution in [3.8, 4) is 5.75 Å². The first-order chi connectivity index (χ1) is 11.5. The zero-order valence-electron chi connectivity index (χ0n) is 12.5. The van der Waals surface area contributed by atoms with Crippen molar-refractivity contribution < 1.29 is 17.5 Å². The maximum Gasteiger partial charge on any atom is 0.241 e. The number of aromatic nitrogens is 1. The second kappa shape index (κ2) is 5.54. The van der Waals surface area contributed by atoms with Crippen LogP contribution in [0.4, 0.5) is 4.39 Å². The predicted molar refractivity (Wildman–Crippen MR) is 86.5 cm³/mol. The maximum atomic E-state index is 13.8. The van der Waals surface area contributed by atoms with Crippen molar-refractivity contribution in [2.75, 3.05) is 0 Å². The molecule has 0 aliphatic carbocycles. The Morgan fingerprint density at radius 1 is 1.21 bits per heavy atom. The Balaban J connectivity index is 1.62. The third kappa shape index (κ3) is 2.51. The normalized spacial score (nSPS) is 15.4. The molecule has 5 nitrogen and oxygen atoms in total. The van der Waals surface area contributed by atoms with E-state index in [1.807, 2.05) is 0 Å². The van der Waals surface area contributed by atoms with E-state index in [2.05, 4.69) is 9.71 Å². The number of fused-ring (bicyclic) bond motifs is 2. The van der Waals surface area contributed by atoms with Gasteiger partial charge >= 0.3 is 0 Å². The van der Waals surface area contributed by atoms with Crippen LogP contribution in [-0.4, -0.2) is 13.4 Å². The smallest absolute Gasteiger partial charge is 0.241 e. The second-order valence-corrected chi connectivity index (χ2v) is 7.22. The van der Waals surface area contributed by atoms with Gasteiger partial charge in [0.2, 0.25) is 10.0 Å². The highest BCUT2D eigenvalue weighted by molar-refractivity contribution is 7.89. The van der Waals surface area contributed by atoms with E-state index in [-0.39, 0.29) is 23.9 Å². The molecule has 0 bridgehead atoms. The van der Waals surface area contributed by atoms with Crippen molar-refractivity contribution in [1.82, 2.24) is 9.71 Å². The molecule has 2 aromatic carbocycles. The molecule has 1 aromatic heterocycles. The molecule has 0 saturated heterocycles. The van der Waals surface area contributed by atoms with Crippen molar-refractivity contribution >= 4 is 20.9 Å². The number of benzene rings is 2. The number of sulfonamides is 1. The van der Waals surface area contributed by atoms with E-state index in [9.17, 15) is 12.8 Å². The summed E-state index contributed by atoms with van der Waals surface area (Å²) in [7, 11) is -3.38. The van der Waals surface area contributed by atoms with Gasteiger partial charge in [0.15, 0.2) is 0 Å². The highest BCUT2D eigenvalue weighted by Gasteiger charge is 2.25. The molecule has 1 aliphatic heterocycles. The predicted octanol–water partition coefficient (Wildman–Crippen LogP) is 2.74. The lowest BCUT2D eigenvalue weighted by atomic mass is 10.1. The molecular formula is C17H13FN2O3S. The van der Waals surface area contributed by atoms with Gasteiger partial charge in [-0.1, -0.05) is 6.07 Å². The van der Waals surface area contributed by atoms with Crippen molar-refractivity contribution in [1.29, 1.82) is 0 Å². The van der Waals surface area contributed by atoms with Gasteiger partial charge in [-0.3, -0.25) is 4.98 Å². The van der Waals surface area contributed by atoms with Crippen molar-refractivity contribution in [2.24, 2.45) is 0 Å². The third-order valence-corrected chi connectivity index (χ3v) is 5.47. The van der Waals surface area contributed by atoms with E-state index < -0.39 is 10.0 Å². The summed E-state index contributed by atoms with van der Waals surface area (Å²) in [5.41, 5.74) is 2.00. The molecule has 0 saturated carbocycles. The summed E-state index contributed by atoms with van der Waals surface area (Å²) in [4.78, 5) is 4.50. The fourth-order valence-corrected chi connectivity index (χ4v) is 3.99. The summed E-state index contributed by atoms with van der Waals surface area (Å²) in [6.45, 7) is 0.475. The van der Waals surface area contributed by atoms with Gasteiger partial charge in [0, 0.05) is 23.7 Å². The van der Waals surface area contributed by atoms with Crippen LogP contribution in [0, 0.1) is 5.82 Å². The Bertz CT molecular complexity index is 1050. The van der Waals surface area contributed by atoms with Gasteiger partial charge in [0.1, 0.15) is 18.2 Å². The summed E-state index contributed by atoms with van der Waals surface area (Å²) >= 11 is 0. The minimum Gasteiger partial charge on any atom is -0.489 e. The van der Waals surface area contributed by atoms with Gasteiger partial charge in [0.25, 0.3) is 0 Å². The number of pyridine rings is 1. The van der Waals surface area contributed by atoms with Crippen LogP contribution in [-0.2, 0) is 23.2 Å². The van der Waals surface area contributed by atoms with E-state index in [4.69, 9.17) is 4.74 Å². The number of hydrogen-bond acceptors (Lipinski definition) is 4. The third-order valence-electron chi connectivity index (χ3n) is 3.97. The Kier molecular flexibility index (Phi) is 3.47. The lowest BCUT2D eigenvalue weighted by molar-refractivity contribution is 0.307. The van der Waals surface area contributed by atoms with Crippen LogP contribution in [0.3, 0.4) is 0 Å². The summed E-state index contributed by atoms with van der Waals surface area (Å²) in [5.74, 6) is 0.233. The zero-order chi connectivity index (χ0) is 16.7. The van der Waals surface area contributed by atoms with Crippen LogP contribution in [0.15, 0.2) is 53.6 Å². The minimum atomic E-state index is -3.38. The lowest BCUT2D eigenvalue weighted by Gasteiger charge is -2.10. The number of halogens is 1. The van der Waals surface area contributed by atoms with Gasteiger partial charge in [-0.15, -0.1) is 0 Å². The molecule has 0 unspecified atom stereocenters. The van der Waals surface area contributed by atoms with Crippen LogP contribution in [0.5, 0.6) is 5.75 Å². The van der Waals surface area contributed by atoms with Gasteiger partial charge in [-0.05, 0) is 42.0 Å². The van der Waals surface area contributed by atoms with E-state index in [1.165, 1.54) is 12.1 Å². The molecule has 0 fully saturated rings. The molecule has 0 radical (unpaired) electrons. The SMILES string of the molecule is O=S1(=O)NCc2cc(OCc3ccc(F)c4cccnc34)ccc21. The highest BCUT2D eigenvalue weighted by atomic mass is 32.2. The highest BCUT2D eigenvalue weighted by Crippen LogP contribution is 2.27. The van der Waals surface area contributed by atoms with Gasteiger partial charge in [-0.25, -0.2) is 17.5 Å². The van der Waals surface area contributed by atoms with Crippen LogP contribution in [0.25, 0.3) is 10.9 Å². The van der Waals surface area contributed by atoms with Crippen LogP contribution in [0.2, 0.25) is 0 Å². The standard InChI is InChI=1S/C17H13FN2O3S/c18-15-5-3-11(17-14(15)2-1-7-19-17)10-23-13-4-6-16-12(8-13)9-20-24(16,21)22/h1-8,20H,9-10H2. The molecule has 24 heavy (non-hydrogen) atoms. The average molecular weight is 344 g/mol. The zero-order valence-corrected chi connectivity index (χ0v) is 13.3. The van der Waals surface area contributed by atoms with Gasteiger partial charge < -0.3 is 4.74 Å². The Labute approximate surface area is 138 Å². The Hall–Kier alpha value is -2.51. The molecule has 1 aliphatic rings. The summed E-state index contributed by atoms with van der Waals surface area (Å²) in [6, 6.07) is 11.2.